The third-order valence-corrected chi connectivity index (χ3v) is 2.56. The van der Waals surface area contributed by atoms with E-state index in [2.05, 4.69) is 19.2 Å². The summed E-state index contributed by atoms with van der Waals surface area (Å²) in [7, 11) is 1.53. The second kappa shape index (κ2) is 7.93. The summed E-state index contributed by atoms with van der Waals surface area (Å²) in [5.41, 5.74) is 0.784. The van der Waals surface area contributed by atoms with Crippen LogP contribution in [0.25, 0.3) is 0 Å². The summed E-state index contributed by atoms with van der Waals surface area (Å²) in [6.07, 6.45) is 1.07. The molecule has 0 unspecified atom stereocenters. The highest BCUT2D eigenvalue weighted by Crippen LogP contribution is 2.24. The normalized spacial score (nSPS) is 10.7. The Morgan fingerprint density at radius 2 is 2.06 bits per heavy atom. The maximum Gasteiger partial charge on any atom is 0.144 e. The second-order valence-corrected chi connectivity index (χ2v) is 4.57. The maximum atomic E-state index is 13.0. The first kappa shape index (κ1) is 14.8. The minimum Gasteiger partial charge on any atom is -0.494 e. The van der Waals surface area contributed by atoms with E-state index in [0.29, 0.717) is 24.8 Å². The summed E-state index contributed by atoms with van der Waals surface area (Å²) in [5, 5.41) is 3.16. The van der Waals surface area contributed by atoms with E-state index in [4.69, 9.17) is 9.47 Å². The Kier molecular flexibility index (Phi) is 6.50. The Morgan fingerprint density at radius 3 is 2.72 bits per heavy atom. The maximum absolute atomic E-state index is 13.0. The fourth-order valence-corrected chi connectivity index (χ4v) is 1.49. The molecule has 0 atom stereocenters. The standard InChI is InChI=1S/C14H22FNO2/c1-11(2)6-8-18-9-7-16-13-5-4-12(15)10-14(13)17-3/h4-5,10-11,16H,6-9H2,1-3H3. The van der Waals surface area contributed by atoms with Crippen LogP contribution in [-0.4, -0.2) is 26.9 Å². The fourth-order valence-electron chi connectivity index (χ4n) is 1.49. The lowest BCUT2D eigenvalue weighted by Gasteiger charge is -2.11. The van der Waals surface area contributed by atoms with Crippen LogP contribution in [-0.2, 0) is 4.74 Å². The predicted molar refractivity (Wildman–Crippen MR) is 71.7 cm³/mol. The molecule has 0 saturated heterocycles. The Hall–Kier alpha value is -1.29. The van der Waals surface area contributed by atoms with E-state index in [1.54, 1.807) is 6.07 Å². The molecule has 0 aromatic heterocycles. The average molecular weight is 255 g/mol. The first-order valence-electron chi connectivity index (χ1n) is 6.28. The average Bonchev–Trinajstić information content (AvgIpc) is 2.34. The molecule has 3 nitrogen and oxygen atoms in total. The molecule has 18 heavy (non-hydrogen) atoms. The van der Waals surface area contributed by atoms with Gasteiger partial charge < -0.3 is 14.8 Å². The highest BCUT2D eigenvalue weighted by atomic mass is 19.1. The quantitative estimate of drug-likeness (QED) is 0.723. The van der Waals surface area contributed by atoms with Gasteiger partial charge in [-0.25, -0.2) is 4.39 Å². The van der Waals surface area contributed by atoms with Crippen molar-refractivity contribution in [2.75, 3.05) is 32.2 Å². The Labute approximate surface area is 108 Å². The lowest BCUT2D eigenvalue weighted by molar-refractivity contribution is 0.132. The van der Waals surface area contributed by atoms with Gasteiger partial charge in [0.25, 0.3) is 0 Å². The lowest BCUT2D eigenvalue weighted by Crippen LogP contribution is -2.11. The Balaban J connectivity index is 2.27. The highest BCUT2D eigenvalue weighted by Gasteiger charge is 2.03. The van der Waals surface area contributed by atoms with E-state index < -0.39 is 0 Å². The van der Waals surface area contributed by atoms with Crippen molar-refractivity contribution in [3.8, 4) is 5.75 Å². The molecule has 1 N–H and O–H groups in total. The molecule has 1 aromatic carbocycles. The molecule has 0 saturated carbocycles. The van der Waals surface area contributed by atoms with Gasteiger partial charge in [0.2, 0.25) is 0 Å². The zero-order valence-corrected chi connectivity index (χ0v) is 11.3. The number of benzene rings is 1. The minimum absolute atomic E-state index is 0.300. The van der Waals surface area contributed by atoms with Crippen molar-refractivity contribution in [1.29, 1.82) is 0 Å². The fraction of sp³-hybridized carbons (Fsp3) is 0.571. The minimum atomic E-state index is -0.300. The van der Waals surface area contributed by atoms with Gasteiger partial charge in [0, 0.05) is 19.2 Å². The molecule has 0 heterocycles. The molecule has 0 spiro atoms. The summed E-state index contributed by atoms with van der Waals surface area (Å²) in [6.45, 7) is 6.43. The molecule has 1 rings (SSSR count). The van der Waals surface area contributed by atoms with Gasteiger partial charge in [0.15, 0.2) is 0 Å². The first-order valence-corrected chi connectivity index (χ1v) is 6.28. The monoisotopic (exact) mass is 255 g/mol. The van der Waals surface area contributed by atoms with Gasteiger partial charge in [-0.2, -0.15) is 0 Å². The summed E-state index contributed by atoms with van der Waals surface area (Å²) in [4.78, 5) is 0. The van der Waals surface area contributed by atoms with Crippen LogP contribution in [0.3, 0.4) is 0 Å². The number of hydrogen-bond acceptors (Lipinski definition) is 3. The van der Waals surface area contributed by atoms with E-state index in [0.717, 1.165) is 18.7 Å². The topological polar surface area (TPSA) is 30.5 Å². The molecular formula is C14H22FNO2. The smallest absolute Gasteiger partial charge is 0.144 e. The van der Waals surface area contributed by atoms with Gasteiger partial charge in [-0.1, -0.05) is 13.8 Å². The van der Waals surface area contributed by atoms with Crippen LogP contribution in [0.2, 0.25) is 0 Å². The van der Waals surface area contributed by atoms with Gasteiger partial charge in [0.05, 0.1) is 19.4 Å². The third kappa shape index (κ3) is 5.36. The molecular weight excluding hydrogens is 233 g/mol. The SMILES string of the molecule is COc1cc(F)ccc1NCCOCCC(C)C. The highest BCUT2D eigenvalue weighted by molar-refractivity contribution is 5.56. The number of hydrogen-bond donors (Lipinski definition) is 1. The zero-order chi connectivity index (χ0) is 13.4. The van der Waals surface area contributed by atoms with Gasteiger partial charge >= 0.3 is 0 Å². The van der Waals surface area contributed by atoms with Crippen LogP contribution in [0.1, 0.15) is 20.3 Å². The van der Waals surface area contributed by atoms with Crippen molar-refractivity contribution in [2.45, 2.75) is 20.3 Å². The number of ether oxygens (including phenoxy) is 2. The van der Waals surface area contributed by atoms with Crippen LogP contribution in [0.4, 0.5) is 10.1 Å². The van der Waals surface area contributed by atoms with Gasteiger partial charge in [-0.05, 0) is 24.5 Å². The lowest BCUT2D eigenvalue weighted by atomic mass is 10.1. The summed E-state index contributed by atoms with van der Waals surface area (Å²) >= 11 is 0. The van der Waals surface area contributed by atoms with Crippen LogP contribution < -0.4 is 10.1 Å². The molecule has 0 aliphatic carbocycles. The van der Waals surface area contributed by atoms with E-state index in [-0.39, 0.29) is 5.82 Å². The molecule has 0 amide bonds. The van der Waals surface area contributed by atoms with Crippen LogP contribution in [0.5, 0.6) is 5.75 Å². The number of anilines is 1. The molecule has 0 aliphatic rings. The molecule has 0 radical (unpaired) electrons. The third-order valence-electron chi connectivity index (χ3n) is 2.56. The summed E-state index contributed by atoms with van der Waals surface area (Å²) in [6, 6.07) is 4.44. The van der Waals surface area contributed by atoms with Crippen molar-refractivity contribution in [3.05, 3.63) is 24.0 Å². The van der Waals surface area contributed by atoms with E-state index >= 15 is 0 Å². The Morgan fingerprint density at radius 1 is 1.28 bits per heavy atom. The number of methoxy groups -OCH3 is 1. The molecule has 4 heteroatoms. The molecule has 0 aliphatic heterocycles. The number of nitrogens with one attached hydrogen (secondary N) is 1. The molecule has 102 valence electrons. The van der Waals surface area contributed by atoms with Gasteiger partial charge in [-0.15, -0.1) is 0 Å². The number of halogens is 1. The molecule has 0 fully saturated rings. The van der Waals surface area contributed by atoms with Crippen molar-refractivity contribution in [3.63, 3.8) is 0 Å². The Bertz CT molecular complexity index is 356. The zero-order valence-electron chi connectivity index (χ0n) is 11.3. The van der Waals surface area contributed by atoms with Crippen molar-refractivity contribution in [2.24, 2.45) is 5.92 Å². The molecule has 0 bridgehead atoms. The van der Waals surface area contributed by atoms with Crippen molar-refractivity contribution < 1.29 is 13.9 Å². The van der Waals surface area contributed by atoms with Crippen LogP contribution >= 0.6 is 0 Å². The van der Waals surface area contributed by atoms with E-state index in [1.165, 1.54) is 19.2 Å². The predicted octanol–water partition coefficient (Wildman–Crippen LogP) is 3.31. The summed E-state index contributed by atoms with van der Waals surface area (Å²) < 4.78 is 23.5. The second-order valence-electron chi connectivity index (χ2n) is 4.57. The summed E-state index contributed by atoms with van der Waals surface area (Å²) in [5.74, 6) is 0.873. The van der Waals surface area contributed by atoms with E-state index in [9.17, 15) is 4.39 Å². The van der Waals surface area contributed by atoms with Gasteiger partial charge in [0.1, 0.15) is 11.6 Å². The largest absolute Gasteiger partial charge is 0.494 e. The first-order chi connectivity index (χ1) is 8.63. The van der Waals surface area contributed by atoms with Crippen LogP contribution in [0, 0.1) is 11.7 Å². The van der Waals surface area contributed by atoms with Crippen molar-refractivity contribution in [1.82, 2.24) is 0 Å². The van der Waals surface area contributed by atoms with Gasteiger partial charge in [-0.3, -0.25) is 0 Å². The molecule has 1 aromatic rings. The van der Waals surface area contributed by atoms with Crippen molar-refractivity contribution >= 4 is 5.69 Å². The van der Waals surface area contributed by atoms with Crippen LogP contribution in [0.15, 0.2) is 18.2 Å². The number of rotatable bonds is 8. The van der Waals surface area contributed by atoms with E-state index in [1.807, 2.05) is 0 Å².